The van der Waals surface area contributed by atoms with E-state index in [9.17, 15) is 9.59 Å². The van der Waals surface area contributed by atoms with E-state index in [1.165, 1.54) is 5.56 Å². The van der Waals surface area contributed by atoms with Crippen LogP contribution in [0.15, 0.2) is 84.9 Å². The Balaban J connectivity index is 1.45. The van der Waals surface area contributed by atoms with Gasteiger partial charge in [-0.3, -0.25) is 4.79 Å². The minimum absolute atomic E-state index is 0.0649. The Bertz CT molecular complexity index is 1080. The number of ether oxygens (including phenoxy) is 1. The van der Waals surface area contributed by atoms with Crippen LogP contribution in [0, 0.1) is 0 Å². The van der Waals surface area contributed by atoms with Crippen LogP contribution in [0.1, 0.15) is 29.5 Å². The standard InChI is InChI=1S/C27H25NO3/c29-24-19-27(22-12-5-2-6-13-22,17-15-20-9-3-1-4-10-20)31-26(30)25(24)28-18-16-21-11-7-8-14-23(21)28/h1-14,25H,15-19H2. The number of carbonyl (C=O) groups excluding carboxylic acids is 2. The molecule has 4 heteroatoms. The summed E-state index contributed by atoms with van der Waals surface area (Å²) in [6.45, 7) is 0.660. The molecule has 2 unspecified atom stereocenters. The zero-order valence-corrected chi connectivity index (χ0v) is 17.4. The molecule has 0 bridgehead atoms. The molecule has 3 aromatic carbocycles. The third-order valence-corrected chi connectivity index (χ3v) is 6.48. The molecule has 1 saturated heterocycles. The average molecular weight is 412 g/mol. The minimum Gasteiger partial charge on any atom is -0.452 e. The van der Waals surface area contributed by atoms with Crippen LogP contribution in [0.5, 0.6) is 0 Å². The van der Waals surface area contributed by atoms with Gasteiger partial charge in [0.25, 0.3) is 0 Å². The first-order chi connectivity index (χ1) is 15.2. The number of aryl methyl sites for hydroxylation is 1. The summed E-state index contributed by atoms with van der Waals surface area (Å²) in [6, 6.07) is 26.9. The molecule has 0 spiro atoms. The van der Waals surface area contributed by atoms with E-state index in [1.54, 1.807) is 0 Å². The number of esters is 1. The molecule has 2 aliphatic rings. The Kier molecular flexibility index (Phi) is 5.06. The molecule has 31 heavy (non-hydrogen) atoms. The van der Waals surface area contributed by atoms with Crippen molar-refractivity contribution < 1.29 is 14.3 Å². The van der Waals surface area contributed by atoms with Crippen LogP contribution in [0.3, 0.4) is 0 Å². The highest BCUT2D eigenvalue weighted by atomic mass is 16.6. The van der Waals surface area contributed by atoms with Gasteiger partial charge in [-0.05, 0) is 42.0 Å². The van der Waals surface area contributed by atoms with E-state index >= 15 is 0 Å². The fourth-order valence-electron chi connectivity index (χ4n) is 4.90. The predicted molar refractivity (Wildman–Crippen MR) is 120 cm³/mol. The van der Waals surface area contributed by atoms with E-state index in [4.69, 9.17) is 4.74 Å². The number of hydrogen-bond acceptors (Lipinski definition) is 4. The first kappa shape index (κ1) is 19.6. The zero-order chi connectivity index (χ0) is 21.3. The van der Waals surface area contributed by atoms with E-state index in [0.29, 0.717) is 13.0 Å². The Morgan fingerprint density at radius 1 is 0.871 bits per heavy atom. The molecule has 2 aliphatic heterocycles. The number of para-hydroxylation sites is 1. The molecule has 2 atom stereocenters. The summed E-state index contributed by atoms with van der Waals surface area (Å²) >= 11 is 0. The number of benzene rings is 3. The monoisotopic (exact) mass is 411 g/mol. The number of nitrogens with zero attached hydrogens (tertiary/aromatic N) is 1. The number of hydrogen-bond donors (Lipinski definition) is 0. The van der Waals surface area contributed by atoms with Crippen molar-refractivity contribution in [2.75, 3.05) is 11.4 Å². The van der Waals surface area contributed by atoms with Crippen LogP contribution in [0.4, 0.5) is 5.69 Å². The molecule has 0 aliphatic carbocycles. The Morgan fingerprint density at radius 2 is 1.55 bits per heavy atom. The van der Waals surface area contributed by atoms with E-state index in [2.05, 4.69) is 18.2 Å². The number of Topliss-reactive ketones (excluding diaryl/α,β-unsaturated/α-hetero) is 1. The SMILES string of the molecule is O=C1CC(CCc2ccccc2)(c2ccccc2)OC(=O)C1N1CCc2ccccc21. The number of cyclic esters (lactones) is 1. The highest BCUT2D eigenvalue weighted by molar-refractivity contribution is 6.08. The van der Waals surface area contributed by atoms with Crippen molar-refractivity contribution in [3.63, 3.8) is 0 Å². The van der Waals surface area contributed by atoms with Crippen LogP contribution in [0.2, 0.25) is 0 Å². The van der Waals surface area contributed by atoms with Crippen LogP contribution >= 0.6 is 0 Å². The second kappa shape index (κ2) is 8.03. The lowest BCUT2D eigenvalue weighted by Gasteiger charge is -2.41. The van der Waals surface area contributed by atoms with Gasteiger partial charge in [0.2, 0.25) is 0 Å². The largest absolute Gasteiger partial charge is 0.452 e. The number of anilines is 1. The summed E-state index contributed by atoms with van der Waals surface area (Å²) in [7, 11) is 0. The van der Waals surface area contributed by atoms with Crippen LogP contribution in [-0.4, -0.2) is 24.3 Å². The van der Waals surface area contributed by atoms with Crippen molar-refractivity contribution in [2.24, 2.45) is 0 Å². The predicted octanol–water partition coefficient (Wildman–Crippen LogP) is 4.46. The summed E-state index contributed by atoms with van der Waals surface area (Å²) < 4.78 is 6.19. The maximum Gasteiger partial charge on any atom is 0.337 e. The molecule has 0 aromatic heterocycles. The first-order valence-electron chi connectivity index (χ1n) is 10.9. The summed E-state index contributed by atoms with van der Waals surface area (Å²) in [5.74, 6) is -0.505. The summed E-state index contributed by atoms with van der Waals surface area (Å²) in [5.41, 5.74) is 3.26. The van der Waals surface area contributed by atoms with Gasteiger partial charge < -0.3 is 9.64 Å². The van der Waals surface area contributed by atoms with Crippen LogP contribution in [-0.2, 0) is 32.8 Å². The molecule has 0 saturated carbocycles. The number of rotatable bonds is 5. The molecule has 2 heterocycles. The van der Waals surface area contributed by atoms with Gasteiger partial charge in [0.05, 0.1) is 6.42 Å². The van der Waals surface area contributed by atoms with Crippen molar-refractivity contribution in [3.8, 4) is 0 Å². The van der Waals surface area contributed by atoms with Crippen molar-refractivity contribution in [1.29, 1.82) is 0 Å². The maximum absolute atomic E-state index is 13.5. The van der Waals surface area contributed by atoms with Gasteiger partial charge in [-0.2, -0.15) is 0 Å². The van der Waals surface area contributed by atoms with Crippen molar-refractivity contribution in [1.82, 2.24) is 0 Å². The molecule has 156 valence electrons. The zero-order valence-electron chi connectivity index (χ0n) is 17.4. The molecule has 0 radical (unpaired) electrons. The molecule has 4 nitrogen and oxygen atoms in total. The van der Waals surface area contributed by atoms with Gasteiger partial charge in [-0.1, -0.05) is 78.9 Å². The Morgan fingerprint density at radius 3 is 2.29 bits per heavy atom. The minimum atomic E-state index is -0.930. The van der Waals surface area contributed by atoms with E-state index in [0.717, 1.165) is 29.7 Å². The molecule has 1 fully saturated rings. The van der Waals surface area contributed by atoms with Crippen molar-refractivity contribution >= 4 is 17.4 Å². The second-order valence-electron chi connectivity index (χ2n) is 8.38. The molecule has 5 rings (SSSR count). The van der Waals surface area contributed by atoms with Gasteiger partial charge in [0.15, 0.2) is 11.8 Å². The van der Waals surface area contributed by atoms with E-state index in [1.807, 2.05) is 71.6 Å². The number of fused-ring (bicyclic) bond motifs is 1. The van der Waals surface area contributed by atoms with E-state index < -0.39 is 17.6 Å². The lowest BCUT2D eigenvalue weighted by atomic mass is 9.80. The van der Waals surface area contributed by atoms with Gasteiger partial charge in [-0.15, -0.1) is 0 Å². The molecule has 3 aromatic rings. The first-order valence-corrected chi connectivity index (χ1v) is 10.9. The normalized spacial score (nSPS) is 22.8. The topological polar surface area (TPSA) is 46.6 Å². The van der Waals surface area contributed by atoms with Crippen molar-refractivity contribution in [3.05, 3.63) is 102 Å². The van der Waals surface area contributed by atoms with E-state index in [-0.39, 0.29) is 12.2 Å². The average Bonchev–Trinajstić information content (AvgIpc) is 3.22. The van der Waals surface area contributed by atoms with Gasteiger partial charge in [0, 0.05) is 12.2 Å². The molecular formula is C27H25NO3. The third kappa shape index (κ3) is 3.63. The Labute approximate surface area is 182 Å². The van der Waals surface area contributed by atoms with Gasteiger partial charge in [0.1, 0.15) is 5.60 Å². The molecular weight excluding hydrogens is 386 g/mol. The number of ketones is 1. The third-order valence-electron chi connectivity index (χ3n) is 6.48. The van der Waals surface area contributed by atoms with Crippen molar-refractivity contribution in [2.45, 2.75) is 37.3 Å². The van der Waals surface area contributed by atoms with Gasteiger partial charge in [-0.25, -0.2) is 4.79 Å². The lowest BCUT2D eigenvalue weighted by molar-refractivity contribution is -0.175. The van der Waals surface area contributed by atoms with Gasteiger partial charge >= 0.3 is 5.97 Å². The summed E-state index contributed by atoms with van der Waals surface area (Å²) in [4.78, 5) is 28.7. The highest BCUT2D eigenvalue weighted by Crippen LogP contribution is 2.41. The maximum atomic E-state index is 13.5. The smallest absolute Gasteiger partial charge is 0.337 e. The summed E-state index contributed by atoms with van der Waals surface area (Å²) in [6.07, 6.45) is 2.33. The van der Waals surface area contributed by atoms with Crippen LogP contribution < -0.4 is 4.90 Å². The highest BCUT2D eigenvalue weighted by Gasteiger charge is 2.50. The fraction of sp³-hybridized carbons (Fsp3) is 0.259. The molecule has 0 amide bonds. The lowest BCUT2D eigenvalue weighted by Crippen LogP contribution is -2.56. The fourth-order valence-corrected chi connectivity index (χ4v) is 4.90. The summed E-state index contributed by atoms with van der Waals surface area (Å²) in [5, 5.41) is 0. The Hall–Kier alpha value is -3.40. The quantitative estimate of drug-likeness (QED) is 0.459. The van der Waals surface area contributed by atoms with Crippen LogP contribution in [0.25, 0.3) is 0 Å². The second-order valence-corrected chi connectivity index (χ2v) is 8.38. The number of carbonyl (C=O) groups is 2. The molecule has 0 N–H and O–H groups in total.